The number of aryl methyl sites for hydroxylation is 1. The molecule has 14 heteroatoms. The fourth-order valence-corrected chi connectivity index (χ4v) is 4.07. The molecule has 1 saturated heterocycles. The Morgan fingerprint density at radius 1 is 1.16 bits per heavy atom. The Kier molecular flexibility index (Phi) is 6.48. The molecule has 0 bridgehead atoms. The number of hydrogen-bond acceptors (Lipinski definition) is 10. The van der Waals surface area contributed by atoms with E-state index in [9.17, 15) is 13.6 Å². The zero-order chi connectivity index (χ0) is 26.2. The molecule has 1 aliphatic carbocycles. The van der Waals surface area contributed by atoms with Crippen LogP contribution in [0.4, 0.5) is 20.5 Å². The number of ether oxygens (including phenoxy) is 2. The molecule has 5 rings (SSSR count). The molecule has 1 amide bonds. The second-order valence-electron chi connectivity index (χ2n) is 9.35. The second-order valence-corrected chi connectivity index (χ2v) is 9.35. The van der Waals surface area contributed by atoms with E-state index in [0.29, 0.717) is 31.3 Å². The summed E-state index contributed by atoms with van der Waals surface area (Å²) in [6.07, 6.45) is 6.53. The summed E-state index contributed by atoms with van der Waals surface area (Å²) in [6, 6.07) is 1.64. The van der Waals surface area contributed by atoms with Crippen molar-refractivity contribution >= 4 is 17.7 Å². The van der Waals surface area contributed by atoms with Crippen molar-refractivity contribution in [1.29, 1.82) is 0 Å². The summed E-state index contributed by atoms with van der Waals surface area (Å²) in [5, 5.41) is 0. The Balaban J connectivity index is 1.18. The summed E-state index contributed by atoms with van der Waals surface area (Å²) in [4.78, 5) is 34.3. The third-order valence-corrected chi connectivity index (χ3v) is 6.45. The van der Waals surface area contributed by atoms with Gasteiger partial charge in [0, 0.05) is 44.5 Å². The number of halogens is 2. The van der Waals surface area contributed by atoms with Gasteiger partial charge in [-0.3, -0.25) is 4.79 Å². The van der Waals surface area contributed by atoms with Gasteiger partial charge >= 0.3 is 6.01 Å². The SMILES string of the molecule is Cn1cnc(-c2cnc(N)c(OCC3CCN(c4nc(OC[C@@H]5CC5(F)F)nc(C(N)=O)n4)CC3)c2)c1. The number of nitrogens with two attached hydrogens (primary N) is 2. The number of carbonyl (C=O) groups excluding carboxylic acids is 1. The van der Waals surface area contributed by atoms with Gasteiger partial charge in [0.2, 0.25) is 11.8 Å². The van der Waals surface area contributed by atoms with Crippen molar-refractivity contribution in [2.24, 2.45) is 24.6 Å². The maximum Gasteiger partial charge on any atom is 0.321 e. The number of piperidine rings is 1. The van der Waals surface area contributed by atoms with Crippen molar-refractivity contribution in [3.63, 3.8) is 0 Å². The number of pyridine rings is 1. The third kappa shape index (κ3) is 5.67. The molecule has 0 radical (unpaired) electrons. The summed E-state index contributed by atoms with van der Waals surface area (Å²) in [6.45, 7) is 1.36. The smallest absolute Gasteiger partial charge is 0.321 e. The summed E-state index contributed by atoms with van der Waals surface area (Å²) in [5.41, 5.74) is 12.9. The van der Waals surface area contributed by atoms with Gasteiger partial charge in [0.1, 0.15) is 6.61 Å². The monoisotopic (exact) mass is 515 g/mol. The van der Waals surface area contributed by atoms with Crippen LogP contribution in [0.1, 0.15) is 29.9 Å². The van der Waals surface area contributed by atoms with E-state index >= 15 is 0 Å². The van der Waals surface area contributed by atoms with Gasteiger partial charge in [-0.1, -0.05) is 0 Å². The first-order valence-electron chi connectivity index (χ1n) is 11.9. The van der Waals surface area contributed by atoms with Crippen molar-refractivity contribution in [3.05, 3.63) is 30.6 Å². The number of primary amides is 1. The average molecular weight is 516 g/mol. The molecule has 3 aromatic heterocycles. The van der Waals surface area contributed by atoms with E-state index < -0.39 is 17.7 Å². The number of hydrogen-bond donors (Lipinski definition) is 2. The van der Waals surface area contributed by atoms with Crippen molar-refractivity contribution in [2.45, 2.75) is 25.2 Å². The van der Waals surface area contributed by atoms with Gasteiger partial charge in [-0.25, -0.2) is 18.7 Å². The van der Waals surface area contributed by atoms with Crippen molar-refractivity contribution < 1.29 is 23.0 Å². The minimum absolute atomic E-state index is 0.192. The molecule has 12 nitrogen and oxygen atoms in total. The predicted molar refractivity (Wildman–Crippen MR) is 128 cm³/mol. The summed E-state index contributed by atoms with van der Waals surface area (Å²) >= 11 is 0. The van der Waals surface area contributed by atoms with Crippen LogP contribution in [0.15, 0.2) is 24.8 Å². The highest BCUT2D eigenvalue weighted by Gasteiger charge is 2.57. The number of rotatable bonds is 9. The molecule has 1 aliphatic heterocycles. The normalized spacial score (nSPS) is 19.0. The first-order chi connectivity index (χ1) is 17.7. The Hall–Kier alpha value is -4.10. The highest BCUT2D eigenvalue weighted by Crippen LogP contribution is 2.48. The fourth-order valence-electron chi connectivity index (χ4n) is 4.07. The van der Waals surface area contributed by atoms with Gasteiger partial charge in [-0.05, 0) is 24.8 Å². The molecule has 4 heterocycles. The quantitative estimate of drug-likeness (QED) is 0.429. The Morgan fingerprint density at radius 3 is 2.57 bits per heavy atom. The number of carbonyl (C=O) groups is 1. The van der Waals surface area contributed by atoms with Crippen LogP contribution in [0.2, 0.25) is 0 Å². The minimum atomic E-state index is -2.73. The van der Waals surface area contributed by atoms with E-state index in [2.05, 4.69) is 24.9 Å². The minimum Gasteiger partial charge on any atom is -0.489 e. The number of amides is 1. The number of aromatic nitrogens is 6. The number of nitrogens with zero attached hydrogens (tertiary/aromatic N) is 7. The number of anilines is 2. The molecule has 4 N–H and O–H groups in total. The Morgan fingerprint density at radius 2 is 1.92 bits per heavy atom. The number of alkyl halides is 2. The van der Waals surface area contributed by atoms with E-state index in [4.69, 9.17) is 20.9 Å². The summed E-state index contributed by atoms with van der Waals surface area (Å²) in [7, 11) is 1.89. The molecule has 37 heavy (non-hydrogen) atoms. The zero-order valence-electron chi connectivity index (χ0n) is 20.2. The molecular formula is C23H27F2N9O3. The lowest BCUT2D eigenvalue weighted by molar-refractivity contribution is 0.0837. The molecular weight excluding hydrogens is 488 g/mol. The maximum atomic E-state index is 13.2. The van der Waals surface area contributed by atoms with Crippen LogP contribution >= 0.6 is 0 Å². The highest BCUT2D eigenvalue weighted by molar-refractivity contribution is 5.89. The summed E-state index contributed by atoms with van der Waals surface area (Å²) < 4.78 is 39.5. The van der Waals surface area contributed by atoms with Gasteiger partial charge in [0.05, 0.1) is 24.5 Å². The van der Waals surface area contributed by atoms with Crippen molar-refractivity contribution in [3.8, 4) is 23.0 Å². The van der Waals surface area contributed by atoms with Crippen LogP contribution in [0, 0.1) is 11.8 Å². The van der Waals surface area contributed by atoms with Crippen LogP contribution in [-0.4, -0.2) is 67.6 Å². The lowest BCUT2D eigenvalue weighted by atomic mass is 9.98. The molecule has 0 spiro atoms. The van der Waals surface area contributed by atoms with Crippen LogP contribution in [-0.2, 0) is 7.05 Å². The average Bonchev–Trinajstić information content (AvgIpc) is 3.26. The molecule has 3 aromatic rings. The van der Waals surface area contributed by atoms with Gasteiger partial charge < -0.3 is 30.4 Å². The van der Waals surface area contributed by atoms with E-state index in [0.717, 1.165) is 24.1 Å². The standard InChI is InChI=1S/C23H27F2N9O3/c1-33-9-16(29-12-33)14-6-17(18(26)28-8-14)36-10-13-2-4-34(5-3-13)21-30-20(19(27)35)31-22(32-21)37-11-15-7-23(15,24)25/h6,8-9,12-13,15H,2-5,7,10-11H2,1H3,(H2,26,28)(H2,27,35)/t15-/m0/s1. The van der Waals surface area contributed by atoms with E-state index in [1.807, 2.05) is 28.8 Å². The highest BCUT2D eigenvalue weighted by atomic mass is 19.3. The van der Waals surface area contributed by atoms with Crippen molar-refractivity contribution in [1.82, 2.24) is 29.5 Å². The second kappa shape index (κ2) is 9.75. The molecule has 1 saturated carbocycles. The van der Waals surface area contributed by atoms with Gasteiger partial charge in [-0.15, -0.1) is 0 Å². The van der Waals surface area contributed by atoms with Gasteiger partial charge in [0.15, 0.2) is 11.6 Å². The maximum absolute atomic E-state index is 13.2. The van der Waals surface area contributed by atoms with Gasteiger partial charge in [0.25, 0.3) is 11.8 Å². The van der Waals surface area contributed by atoms with Crippen LogP contribution in [0.3, 0.4) is 0 Å². The molecule has 196 valence electrons. The first kappa shape index (κ1) is 24.6. The predicted octanol–water partition coefficient (Wildman–Crippen LogP) is 1.68. The molecule has 2 fully saturated rings. The topological polar surface area (TPSA) is 160 Å². The number of nitrogen functional groups attached to an aromatic ring is 1. The largest absolute Gasteiger partial charge is 0.489 e. The van der Waals surface area contributed by atoms with E-state index in [-0.39, 0.29) is 36.7 Å². The fraction of sp³-hybridized carbons (Fsp3) is 0.478. The number of imidazole rings is 1. The van der Waals surface area contributed by atoms with Gasteiger partial charge in [-0.2, -0.15) is 15.0 Å². The Bertz CT molecular complexity index is 1290. The van der Waals surface area contributed by atoms with Crippen LogP contribution in [0.5, 0.6) is 11.8 Å². The van der Waals surface area contributed by atoms with E-state index in [1.165, 1.54) is 0 Å². The van der Waals surface area contributed by atoms with E-state index in [1.54, 1.807) is 12.5 Å². The molecule has 0 aromatic carbocycles. The lowest BCUT2D eigenvalue weighted by Crippen LogP contribution is -2.37. The molecule has 2 aliphatic rings. The van der Waals surface area contributed by atoms with Crippen LogP contribution in [0.25, 0.3) is 11.3 Å². The zero-order valence-corrected chi connectivity index (χ0v) is 20.2. The molecule has 1 atom stereocenters. The lowest BCUT2D eigenvalue weighted by Gasteiger charge is -2.32. The summed E-state index contributed by atoms with van der Waals surface area (Å²) in [5.74, 6) is -3.48. The van der Waals surface area contributed by atoms with Crippen LogP contribution < -0.4 is 25.8 Å². The van der Waals surface area contributed by atoms with Crippen molar-refractivity contribution in [2.75, 3.05) is 36.9 Å². The first-order valence-corrected chi connectivity index (χ1v) is 11.9. The Labute approximate surface area is 211 Å². The third-order valence-electron chi connectivity index (χ3n) is 6.45. The molecule has 0 unspecified atom stereocenters.